The molecule has 5 heteroatoms. The Morgan fingerprint density at radius 2 is 2.26 bits per heavy atom. The van der Waals surface area contributed by atoms with Crippen molar-refractivity contribution in [2.24, 2.45) is 0 Å². The molecule has 1 unspecified atom stereocenters. The van der Waals surface area contributed by atoms with Crippen molar-refractivity contribution in [3.8, 4) is 0 Å². The van der Waals surface area contributed by atoms with Gasteiger partial charge in [0.15, 0.2) is 0 Å². The summed E-state index contributed by atoms with van der Waals surface area (Å²) in [5.74, 6) is 2.83. The number of hydrogen-bond acceptors (Lipinski definition) is 4. The van der Waals surface area contributed by atoms with Crippen LogP contribution in [0.2, 0.25) is 0 Å². The Morgan fingerprint density at radius 3 is 2.89 bits per heavy atom. The van der Waals surface area contributed by atoms with E-state index < -0.39 is 0 Å². The van der Waals surface area contributed by atoms with E-state index in [1.54, 1.807) is 17.2 Å². The predicted molar refractivity (Wildman–Crippen MR) is 83.0 cm³/mol. The number of nitrogens with zero attached hydrogens (tertiary/aromatic N) is 2. The first-order valence-electron chi connectivity index (χ1n) is 6.65. The van der Waals surface area contributed by atoms with E-state index in [2.05, 4.69) is 24.1 Å². The zero-order valence-electron chi connectivity index (χ0n) is 12.1. The van der Waals surface area contributed by atoms with Gasteiger partial charge in [-0.3, -0.25) is 4.79 Å². The summed E-state index contributed by atoms with van der Waals surface area (Å²) >= 11 is 1.85. The van der Waals surface area contributed by atoms with Crippen LogP contribution in [0.3, 0.4) is 0 Å². The quantitative estimate of drug-likeness (QED) is 0.834. The average Bonchev–Trinajstić information content (AvgIpc) is 2.43. The fraction of sp³-hybridized carbons (Fsp3) is 0.571. The van der Waals surface area contributed by atoms with Crippen LogP contribution in [0.4, 0.5) is 5.82 Å². The predicted octanol–water partition coefficient (Wildman–Crippen LogP) is 2.73. The molecular weight excluding hydrogens is 258 g/mol. The summed E-state index contributed by atoms with van der Waals surface area (Å²) in [4.78, 5) is 18.3. The van der Waals surface area contributed by atoms with E-state index in [1.807, 2.05) is 31.8 Å². The molecular formula is C14H23N3OS. The number of rotatable bonds is 7. The molecule has 1 N–H and O–H groups in total. The molecule has 0 bridgehead atoms. The van der Waals surface area contributed by atoms with E-state index in [-0.39, 0.29) is 11.9 Å². The summed E-state index contributed by atoms with van der Waals surface area (Å²) in [6.07, 6.45) is 1.67. The average molecular weight is 281 g/mol. The monoisotopic (exact) mass is 281 g/mol. The van der Waals surface area contributed by atoms with Gasteiger partial charge in [0.1, 0.15) is 5.82 Å². The number of thioether (sulfide) groups is 1. The Labute approximate surface area is 120 Å². The van der Waals surface area contributed by atoms with Crippen LogP contribution in [0, 0.1) is 0 Å². The Morgan fingerprint density at radius 1 is 1.53 bits per heavy atom. The van der Waals surface area contributed by atoms with Crippen molar-refractivity contribution in [2.45, 2.75) is 26.8 Å². The van der Waals surface area contributed by atoms with E-state index >= 15 is 0 Å². The molecule has 0 spiro atoms. The van der Waals surface area contributed by atoms with E-state index in [1.165, 1.54) is 0 Å². The zero-order chi connectivity index (χ0) is 14.3. The second-order valence-corrected chi connectivity index (χ2v) is 5.70. The second kappa shape index (κ2) is 8.04. The molecule has 0 aliphatic heterocycles. The van der Waals surface area contributed by atoms with Crippen molar-refractivity contribution < 1.29 is 4.79 Å². The molecule has 0 aromatic carbocycles. The highest BCUT2D eigenvalue weighted by Gasteiger charge is 2.17. The van der Waals surface area contributed by atoms with Crippen LogP contribution >= 0.6 is 11.8 Å². The largest absolute Gasteiger partial charge is 0.370 e. The van der Waals surface area contributed by atoms with Gasteiger partial charge in [-0.2, -0.15) is 11.8 Å². The molecule has 1 heterocycles. The van der Waals surface area contributed by atoms with Gasteiger partial charge in [-0.1, -0.05) is 6.92 Å². The van der Waals surface area contributed by atoms with Crippen molar-refractivity contribution in [3.63, 3.8) is 0 Å². The topological polar surface area (TPSA) is 45.2 Å². The van der Waals surface area contributed by atoms with Crippen LogP contribution in [-0.4, -0.2) is 46.9 Å². The number of aromatic nitrogens is 1. The normalized spacial score (nSPS) is 12.0. The van der Waals surface area contributed by atoms with E-state index in [0.29, 0.717) is 5.56 Å². The lowest BCUT2D eigenvalue weighted by Crippen LogP contribution is -2.36. The minimum absolute atomic E-state index is 0.0470. The molecule has 4 nitrogen and oxygen atoms in total. The molecule has 1 aromatic heterocycles. The van der Waals surface area contributed by atoms with Gasteiger partial charge in [0, 0.05) is 37.1 Å². The van der Waals surface area contributed by atoms with Gasteiger partial charge in [0.25, 0.3) is 5.91 Å². The van der Waals surface area contributed by atoms with E-state index in [0.717, 1.165) is 23.9 Å². The van der Waals surface area contributed by atoms with Crippen LogP contribution in [0.25, 0.3) is 0 Å². The van der Waals surface area contributed by atoms with Crippen LogP contribution in [0.5, 0.6) is 0 Å². The number of nitrogens with one attached hydrogen (secondary N) is 1. The van der Waals surface area contributed by atoms with Gasteiger partial charge in [0.05, 0.1) is 0 Å². The molecule has 0 fully saturated rings. The fourth-order valence-electron chi connectivity index (χ4n) is 1.65. The Kier molecular flexibility index (Phi) is 6.70. The second-order valence-electron chi connectivity index (χ2n) is 4.38. The standard InChI is InChI=1S/C14H23N3OS/c1-5-15-13-9-12(7-8-16-13)14(18)17(4)11(3)10-19-6-2/h7-9,11H,5-6,10H2,1-4H3,(H,15,16). The van der Waals surface area contributed by atoms with Crippen molar-refractivity contribution in [1.29, 1.82) is 0 Å². The smallest absolute Gasteiger partial charge is 0.254 e. The number of carbonyl (C=O) groups excluding carboxylic acids is 1. The third kappa shape index (κ3) is 4.74. The minimum Gasteiger partial charge on any atom is -0.370 e. The van der Waals surface area contributed by atoms with E-state index in [4.69, 9.17) is 0 Å². The lowest BCUT2D eigenvalue weighted by atomic mass is 10.2. The molecule has 1 rings (SSSR count). The third-order valence-corrected chi connectivity index (χ3v) is 4.04. The van der Waals surface area contributed by atoms with Crippen molar-refractivity contribution in [3.05, 3.63) is 23.9 Å². The summed E-state index contributed by atoms with van der Waals surface area (Å²) in [6.45, 7) is 7.01. The van der Waals surface area contributed by atoms with Gasteiger partial charge in [-0.25, -0.2) is 4.98 Å². The van der Waals surface area contributed by atoms with Crippen LogP contribution in [0.15, 0.2) is 18.3 Å². The summed E-state index contributed by atoms with van der Waals surface area (Å²) in [5.41, 5.74) is 0.682. The maximum Gasteiger partial charge on any atom is 0.254 e. The molecule has 0 radical (unpaired) electrons. The molecule has 19 heavy (non-hydrogen) atoms. The first kappa shape index (κ1) is 15.8. The third-order valence-electron chi connectivity index (χ3n) is 2.91. The number of pyridine rings is 1. The maximum absolute atomic E-state index is 12.4. The zero-order valence-corrected chi connectivity index (χ0v) is 13.0. The highest BCUT2D eigenvalue weighted by atomic mass is 32.2. The van der Waals surface area contributed by atoms with Crippen LogP contribution in [-0.2, 0) is 0 Å². The molecule has 1 aromatic rings. The molecule has 0 aliphatic carbocycles. The Hall–Kier alpha value is -1.23. The molecule has 1 amide bonds. The number of amides is 1. The molecule has 106 valence electrons. The summed E-state index contributed by atoms with van der Waals surface area (Å²) in [6, 6.07) is 3.80. The van der Waals surface area contributed by atoms with Crippen LogP contribution in [0.1, 0.15) is 31.1 Å². The number of carbonyl (C=O) groups is 1. The van der Waals surface area contributed by atoms with Crippen LogP contribution < -0.4 is 5.32 Å². The molecule has 0 aliphatic rings. The molecule has 0 saturated heterocycles. The number of hydrogen-bond donors (Lipinski definition) is 1. The van der Waals surface area contributed by atoms with Crippen molar-refractivity contribution >= 4 is 23.5 Å². The van der Waals surface area contributed by atoms with E-state index in [9.17, 15) is 4.79 Å². The highest BCUT2D eigenvalue weighted by Crippen LogP contribution is 2.13. The lowest BCUT2D eigenvalue weighted by molar-refractivity contribution is 0.0757. The lowest BCUT2D eigenvalue weighted by Gasteiger charge is -2.24. The van der Waals surface area contributed by atoms with Gasteiger partial charge >= 0.3 is 0 Å². The first-order chi connectivity index (χ1) is 9.10. The highest BCUT2D eigenvalue weighted by molar-refractivity contribution is 7.99. The van der Waals surface area contributed by atoms with Gasteiger partial charge in [-0.15, -0.1) is 0 Å². The Balaban J connectivity index is 2.73. The van der Waals surface area contributed by atoms with Crippen molar-refractivity contribution in [2.75, 3.05) is 30.4 Å². The minimum atomic E-state index is 0.0470. The van der Waals surface area contributed by atoms with Gasteiger partial charge in [-0.05, 0) is 31.7 Å². The summed E-state index contributed by atoms with van der Waals surface area (Å²) in [5, 5.41) is 3.12. The SMILES string of the molecule is CCNc1cc(C(=O)N(C)C(C)CSCC)ccn1. The first-order valence-corrected chi connectivity index (χ1v) is 7.80. The Bertz CT molecular complexity index is 411. The summed E-state index contributed by atoms with van der Waals surface area (Å²) < 4.78 is 0. The van der Waals surface area contributed by atoms with Crippen molar-refractivity contribution in [1.82, 2.24) is 9.88 Å². The van der Waals surface area contributed by atoms with Gasteiger partial charge < -0.3 is 10.2 Å². The summed E-state index contributed by atoms with van der Waals surface area (Å²) in [7, 11) is 1.86. The number of anilines is 1. The molecule has 1 atom stereocenters. The molecule has 0 saturated carbocycles. The fourth-order valence-corrected chi connectivity index (χ4v) is 2.45. The van der Waals surface area contributed by atoms with Gasteiger partial charge in [0.2, 0.25) is 0 Å². The maximum atomic E-state index is 12.4.